The van der Waals surface area contributed by atoms with Gasteiger partial charge < -0.3 is 5.32 Å². The van der Waals surface area contributed by atoms with Crippen molar-refractivity contribution in [2.75, 3.05) is 7.05 Å². The first-order valence-corrected chi connectivity index (χ1v) is 8.33. The standard InChI is InChI=1S/C17H27N3/c1-18-16(15-3-4-20(2)19-15)11-17-8-12-5-13(9-17)7-14(6-12)10-17/h3-4,12-14,16,18H,5-11H2,1-2H3. The normalized spacial score (nSPS) is 40.2. The highest BCUT2D eigenvalue weighted by atomic mass is 15.3. The number of nitrogens with one attached hydrogen (secondary N) is 1. The fraction of sp³-hybridized carbons (Fsp3) is 0.824. The topological polar surface area (TPSA) is 29.9 Å². The number of hydrogen-bond acceptors (Lipinski definition) is 2. The van der Waals surface area contributed by atoms with Gasteiger partial charge in [0.1, 0.15) is 0 Å². The van der Waals surface area contributed by atoms with E-state index in [1.807, 2.05) is 11.7 Å². The molecule has 0 amide bonds. The molecule has 0 spiro atoms. The van der Waals surface area contributed by atoms with Gasteiger partial charge in [0.05, 0.1) is 11.7 Å². The second kappa shape index (κ2) is 4.59. The average Bonchev–Trinajstić information content (AvgIpc) is 2.81. The first-order chi connectivity index (χ1) is 9.66. The molecule has 5 rings (SSSR count). The molecule has 1 atom stereocenters. The van der Waals surface area contributed by atoms with E-state index in [9.17, 15) is 0 Å². The molecular formula is C17H27N3. The molecule has 20 heavy (non-hydrogen) atoms. The zero-order valence-electron chi connectivity index (χ0n) is 12.8. The summed E-state index contributed by atoms with van der Waals surface area (Å²) in [7, 11) is 4.11. The van der Waals surface area contributed by atoms with Crippen LogP contribution >= 0.6 is 0 Å². The van der Waals surface area contributed by atoms with E-state index in [-0.39, 0.29) is 0 Å². The van der Waals surface area contributed by atoms with Crippen LogP contribution in [0.3, 0.4) is 0 Å². The fourth-order valence-corrected chi connectivity index (χ4v) is 5.95. The number of aromatic nitrogens is 2. The van der Waals surface area contributed by atoms with Crippen LogP contribution in [-0.2, 0) is 7.05 Å². The third-order valence-electron chi connectivity index (χ3n) is 6.24. The molecule has 1 N–H and O–H groups in total. The van der Waals surface area contributed by atoms with Crippen molar-refractivity contribution < 1.29 is 0 Å². The Morgan fingerprint density at radius 1 is 1.25 bits per heavy atom. The number of aryl methyl sites for hydroxylation is 1. The predicted molar refractivity (Wildman–Crippen MR) is 80.2 cm³/mol. The average molecular weight is 273 g/mol. The van der Waals surface area contributed by atoms with Gasteiger partial charge in [-0.15, -0.1) is 0 Å². The van der Waals surface area contributed by atoms with E-state index in [1.165, 1.54) is 50.6 Å². The third-order valence-corrected chi connectivity index (χ3v) is 6.24. The van der Waals surface area contributed by atoms with Gasteiger partial charge in [0.25, 0.3) is 0 Å². The summed E-state index contributed by atoms with van der Waals surface area (Å²) in [5.41, 5.74) is 1.85. The molecule has 1 unspecified atom stereocenters. The van der Waals surface area contributed by atoms with Crippen LogP contribution in [0.15, 0.2) is 12.3 Å². The summed E-state index contributed by atoms with van der Waals surface area (Å²) >= 11 is 0. The lowest BCUT2D eigenvalue weighted by molar-refractivity contribution is -0.0621. The van der Waals surface area contributed by atoms with E-state index in [2.05, 4.69) is 29.7 Å². The fourth-order valence-electron chi connectivity index (χ4n) is 5.95. The molecule has 110 valence electrons. The van der Waals surface area contributed by atoms with Crippen LogP contribution in [0.2, 0.25) is 0 Å². The van der Waals surface area contributed by atoms with Crippen LogP contribution in [0.25, 0.3) is 0 Å². The van der Waals surface area contributed by atoms with Crippen LogP contribution in [0, 0.1) is 23.2 Å². The molecule has 1 heterocycles. The lowest BCUT2D eigenvalue weighted by atomic mass is 9.48. The Morgan fingerprint density at radius 2 is 1.85 bits per heavy atom. The molecule has 1 aromatic rings. The van der Waals surface area contributed by atoms with Crippen LogP contribution in [0.1, 0.15) is 56.7 Å². The smallest absolute Gasteiger partial charge is 0.0793 e. The molecule has 4 saturated carbocycles. The van der Waals surface area contributed by atoms with E-state index in [0.717, 1.165) is 17.8 Å². The summed E-state index contributed by atoms with van der Waals surface area (Å²) in [5.74, 6) is 3.13. The Balaban J connectivity index is 1.55. The molecular weight excluding hydrogens is 246 g/mol. The van der Waals surface area contributed by atoms with Crippen LogP contribution in [0.4, 0.5) is 0 Å². The van der Waals surface area contributed by atoms with Gasteiger partial charge in [-0.3, -0.25) is 4.68 Å². The van der Waals surface area contributed by atoms with E-state index >= 15 is 0 Å². The number of hydrogen-bond donors (Lipinski definition) is 1. The van der Waals surface area contributed by atoms with Crippen molar-refractivity contribution in [2.24, 2.45) is 30.2 Å². The van der Waals surface area contributed by atoms with Crippen molar-refractivity contribution >= 4 is 0 Å². The number of rotatable bonds is 4. The molecule has 0 radical (unpaired) electrons. The lowest BCUT2D eigenvalue weighted by Crippen LogP contribution is -2.47. The SMILES string of the molecule is CNC(CC12CC3CC(CC(C3)C1)C2)c1ccn(C)n1. The van der Waals surface area contributed by atoms with Crippen molar-refractivity contribution in [2.45, 2.75) is 51.0 Å². The van der Waals surface area contributed by atoms with Crippen LogP contribution in [-0.4, -0.2) is 16.8 Å². The Morgan fingerprint density at radius 3 is 2.30 bits per heavy atom. The predicted octanol–water partition coefficient (Wildman–Crippen LogP) is 3.29. The maximum absolute atomic E-state index is 4.63. The van der Waals surface area contributed by atoms with Gasteiger partial charge in [0.2, 0.25) is 0 Å². The Bertz CT molecular complexity index is 455. The van der Waals surface area contributed by atoms with Gasteiger partial charge in [-0.2, -0.15) is 5.10 Å². The monoisotopic (exact) mass is 273 g/mol. The highest BCUT2D eigenvalue weighted by Gasteiger charge is 2.51. The molecule has 4 fully saturated rings. The van der Waals surface area contributed by atoms with Crippen molar-refractivity contribution in [3.8, 4) is 0 Å². The van der Waals surface area contributed by atoms with Crippen LogP contribution < -0.4 is 5.32 Å². The van der Waals surface area contributed by atoms with Gasteiger partial charge in [-0.25, -0.2) is 0 Å². The summed E-state index contributed by atoms with van der Waals surface area (Å²) in [6, 6.07) is 2.62. The highest BCUT2D eigenvalue weighted by Crippen LogP contribution is 2.62. The minimum absolute atomic E-state index is 0.437. The minimum Gasteiger partial charge on any atom is -0.312 e. The Labute approximate surface area is 122 Å². The second-order valence-corrected chi connectivity index (χ2v) is 7.88. The Kier molecular flexibility index (Phi) is 2.95. The van der Waals surface area contributed by atoms with E-state index in [0.29, 0.717) is 11.5 Å². The van der Waals surface area contributed by atoms with Crippen LogP contribution in [0.5, 0.6) is 0 Å². The molecule has 0 aliphatic heterocycles. The summed E-state index contributed by atoms with van der Waals surface area (Å²) in [6.07, 6.45) is 12.4. The second-order valence-electron chi connectivity index (χ2n) is 7.88. The molecule has 4 bridgehead atoms. The quantitative estimate of drug-likeness (QED) is 0.912. The first kappa shape index (κ1) is 12.9. The minimum atomic E-state index is 0.437. The molecule has 0 aromatic carbocycles. The van der Waals surface area contributed by atoms with Crippen molar-refractivity contribution in [3.63, 3.8) is 0 Å². The zero-order chi connectivity index (χ0) is 13.7. The summed E-state index contributed by atoms with van der Waals surface area (Å²) in [4.78, 5) is 0. The molecule has 4 aliphatic rings. The van der Waals surface area contributed by atoms with Gasteiger partial charge in [0, 0.05) is 13.2 Å². The number of nitrogens with zero attached hydrogens (tertiary/aromatic N) is 2. The van der Waals surface area contributed by atoms with Gasteiger partial charge in [-0.1, -0.05) is 0 Å². The summed E-state index contributed by atoms with van der Waals surface area (Å²) < 4.78 is 1.93. The third kappa shape index (κ3) is 2.11. The van der Waals surface area contributed by atoms with Crippen molar-refractivity contribution in [1.82, 2.24) is 15.1 Å². The van der Waals surface area contributed by atoms with Crippen molar-refractivity contribution in [3.05, 3.63) is 18.0 Å². The van der Waals surface area contributed by atoms with E-state index < -0.39 is 0 Å². The molecule has 4 aliphatic carbocycles. The summed E-state index contributed by atoms with van der Waals surface area (Å²) in [5, 5.41) is 8.17. The maximum Gasteiger partial charge on any atom is 0.0793 e. The molecule has 1 aromatic heterocycles. The largest absolute Gasteiger partial charge is 0.312 e. The van der Waals surface area contributed by atoms with E-state index in [1.54, 1.807) is 0 Å². The highest BCUT2D eigenvalue weighted by molar-refractivity contribution is 5.09. The van der Waals surface area contributed by atoms with Gasteiger partial charge in [-0.05, 0) is 81.2 Å². The summed E-state index contributed by atoms with van der Waals surface area (Å²) in [6.45, 7) is 0. The van der Waals surface area contributed by atoms with E-state index in [4.69, 9.17) is 0 Å². The van der Waals surface area contributed by atoms with Gasteiger partial charge >= 0.3 is 0 Å². The molecule has 0 saturated heterocycles. The van der Waals surface area contributed by atoms with Crippen molar-refractivity contribution in [1.29, 1.82) is 0 Å². The first-order valence-electron chi connectivity index (χ1n) is 8.33. The molecule has 3 nitrogen and oxygen atoms in total. The maximum atomic E-state index is 4.63. The lowest BCUT2D eigenvalue weighted by Gasteiger charge is -2.57. The molecule has 3 heteroatoms. The Hall–Kier alpha value is -0.830. The van der Waals surface area contributed by atoms with Gasteiger partial charge in [0.15, 0.2) is 0 Å². The zero-order valence-corrected chi connectivity index (χ0v) is 12.8.